The Balaban J connectivity index is 1.37. The van der Waals surface area contributed by atoms with Gasteiger partial charge >= 0.3 is 0 Å². The minimum atomic E-state index is -0.377. The van der Waals surface area contributed by atoms with Crippen molar-refractivity contribution in [1.82, 2.24) is 5.32 Å². The van der Waals surface area contributed by atoms with Crippen LogP contribution in [0, 0.1) is 5.92 Å². The summed E-state index contributed by atoms with van der Waals surface area (Å²) in [5.41, 5.74) is 1.66. The summed E-state index contributed by atoms with van der Waals surface area (Å²) in [4.78, 5) is 26.5. The van der Waals surface area contributed by atoms with Crippen molar-refractivity contribution < 1.29 is 23.8 Å². The van der Waals surface area contributed by atoms with Crippen LogP contribution in [0.25, 0.3) is 0 Å². The van der Waals surface area contributed by atoms with Gasteiger partial charge in [-0.2, -0.15) is 0 Å². The van der Waals surface area contributed by atoms with E-state index in [1.807, 2.05) is 36.4 Å². The minimum absolute atomic E-state index is 0.0634. The number of nitrogens with one attached hydrogen (secondary N) is 1. The van der Waals surface area contributed by atoms with Gasteiger partial charge in [-0.1, -0.05) is 12.1 Å². The molecule has 2 aromatic rings. The Hall–Kier alpha value is -3.22. The molecule has 0 aliphatic carbocycles. The lowest BCUT2D eigenvalue weighted by atomic mass is 10.1. The van der Waals surface area contributed by atoms with Gasteiger partial charge in [-0.15, -0.1) is 0 Å². The molecule has 7 nitrogen and oxygen atoms in total. The molecule has 27 heavy (non-hydrogen) atoms. The number of carbonyl (C=O) groups excluding carboxylic acids is 2. The van der Waals surface area contributed by atoms with Gasteiger partial charge < -0.3 is 24.4 Å². The van der Waals surface area contributed by atoms with E-state index in [-0.39, 0.29) is 30.9 Å². The SMILES string of the molecule is COc1cccc(N2C[C@H](C(=O)NCc3ccc4c(c3)OCO4)CC2=O)c1. The van der Waals surface area contributed by atoms with Gasteiger partial charge in [-0.05, 0) is 29.8 Å². The van der Waals surface area contributed by atoms with Crippen molar-refractivity contribution in [1.29, 1.82) is 0 Å². The molecule has 2 amide bonds. The molecule has 1 fully saturated rings. The summed E-state index contributed by atoms with van der Waals surface area (Å²) in [6.45, 7) is 0.952. The third-order valence-electron chi connectivity index (χ3n) is 4.76. The number of amides is 2. The van der Waals surface area contributed by atoms with E-state index in [9.17, 15) is 9.59 Å². The molecule has 0 bridgehead atoms. The van der Waals surface area contributed by atoms with Crippen LogP contribution in [0.1, 0.15) is 12.0 Å². The van der Waals surface area contributed by atoms with Gasteiger partial charge in [-0.25, -0.2) is 0 Å². The predicted octanol–water partition coefficient (Wildman–Crippen LogP) is 2.09. The van der Waals surface area contributed by atoms with Crippen molar-refractivity contribution in [3.05, 3.63) is 48.0 Å². The number of hydrogen-bond acceptors (Lipinski definition) is 5. The molecule has 1 N–H and O–H groups in total. The van der Waals surface area contributed by atoms with Gasteiger partial charge in [0.05, 0.1) is 13.0 Å². The first kappa shape index (κ1) is 17.2. The summed E-state index contributed by atoms with van der Waals surface area (Å²) in [7, 11) is 1.58. The van der Waals surface area contributed by atoms with Crippen LogP contribution in [-0.4, -0.2) is 32.3 Å². The van der Waals surface area contributed by atoms with Crippen LogP contribution in [0.5, 0.6) is 17.2 Å². The van der Waals surface area contributed by atoms with E-state index in [2.05, 4.69) is 5.32 Å². The highest BCUT2D eigenvalue weighted by molar-refractivity contribution is 6.00. The van der Waals surface area contributed by atoms with E-state index in [0.717, 1.165) is 11.3 Å². The fourth-order valence-electron chi connectivity index (χ4n) is 3.30. The van der Waals surface area contributed by atoms with Crippen molar-refractivity contribution in [2.45, 2.75) is 13.0 Å². The van der Waals surface area contributed by atoms with E-state index < -0.39 is 0 Å². The third-order valence-corrected chi connectivity index (χ3v) is 4.76. The number of nitrogens with zero attached hydrogens (tertiary/aromatic N) is 1. The summed E-state index contributed by atoms with van der Waals surface area (Å²) in [6.07, 6.45) is 0.199. The summed E-state index contributed by atoms with van der Waals surface area (Å²) in [5.74, 6) is 1.49. The number of fused-ring (bicyclic) bond motifs is 1. The van der Waals surface area contributed by atoms with Gasteiger partial charge in [0, 0.05) is 31.3 Å². The first-order chi connectivity index (χ1) is 13.1. The molecule has 2 aliphatic rings. The Labute approximate surface area is 156 Å². The zero-order valence-corrected chi connectivity index (χ0v) is 14.9. The average molecular weight is 368 g/mol. The van der Waals surface area contributed by atoms with Crippen LogP contribution < -0.4 is 24.4 Å². The van der Waals surface area contributed by atoms with Crippen LogP contribution in [-0.2, 0) is 16.1 Å². The van der Waals surface area contributed by atoms with Crippen molar-refractivity contribution in [3.8, 4) is 17.2 Å². The Bertz CT molecular complexity index is 882. The lowest BCUT2D eigenvalue weighted by molar-refractivity contribution is -0.126. The van der Waals surface area contributed by atoms with Crippen LogP contribution >= 0.6 is 0 Å². The van der Waals surface area contributed by atoms with Crippen molar-refractivity contribution in [3.63, 3.8) is 0 Å². The molecule has 0 unspecified atom stereocenters. The Morgan fingerprint density at radius 3 is 2.93 bits per heavy atom. The smallest absolute Gasteiger partial charge is 0.231 e. The number of carbonyl (C=O) groups is 2. The zero-order chi connectivity index (χ0) is 18.8. The lowest BCUT2D eigenvalue weighted by Crippen LogP contribution is -2.32. The standard InChI is InChI=1S/C20H20N2O5/c1-25-16-4-2-3-15(9-16)22-11-14(8-19(22)23)20(24)21-10-13-5-6-17-18(7-13)27-12-26-17/h2-7,9,14H,8,10-12H2,1H3,(H,21,24)/t14-/m1/s1. The third kappa shape index (κ3) is 3.53. The van der Waals surface area contributed by atoms with Crippen molar-refractivity contribution >= 4 is 17.5 Å². The van der Waals surface area contributed by atoms with E-state index in [4.69, 9.17) is 14.2 Å². The molecule has 2 heterocycles. The molecule has 0 spiro atoms. The molecule has 2 aliphatic heterocycles. The highest BCUT2D eigenvalue weighted by Gasteiger charge is 2.35. The summed E-state index contributed by atoms with van der Waals surface area (Å²) >= 11 is 0. The molecule has 0 saturated carbocycles. The fraction of sp³-hybridized carbons (Fsp3) is 0.300. The summed E-state index contributed by atoms with van der Waals surface area (Å²) in [6, 6.07) is 12.8. The topological polar surface area (TPSA) is 77.1 Å². The van der Waals surface area contributed by atoms with E-state index in [1.54, 1.807) is 18.1 Å². The normalized spacial score (nSPS) is 17.9. The molecule has 1 saturated heterocycles. The molecule has 4 rings (SSSR count). The Kier molecular flexibility index (Phi) is 4.58. The number of hydrogen-bond donors (Lipinski definition) is 1. The highest BCUT2D eigenvalue weighted by atomic mass is 16.7. The van der Waals surface area contributed by atoms with Gasteiger partial charge in [0.25, 0.3) is 0 Å². The molecule has 0 radical (unpaired) electrons. The second-order valence-electron chi connectivity index (χ2n) is 6.51. The quantitative estimate of drug-likeness (QED) is 0.875. The minimum Gasteiger partial charge on any atom is -0.497 e. The second-order valence-corrected chi connectivity index (χ2v) is 6.51. The molecule has 0 aromatic heterocycles. The van der Waals surface area contributed by atoms with Gasteiger partial charge in [0.2, 0.25) is 18.6 Å². The van der Waals surface area contributed by atoms with Crippen LogP contribution in [0.2, 0.25) is 0 Å². The number of anilines is 1. The van der Waals surface area contributed by atoms with Crippen LogP contribution in [0.15, 0.2) is 42.5 Å². The molecule has 2 aromatic carbocycles. The molecule has 1 atom stereocenters. The highest BCUT2D eigenvalue weighted by Crippen LogP contribution is 2.32. The molecule has 7 heteroatoms. The van der Waals surface area contributed by atoms with Gasteiger partial charge in [0.15, 0.2) is 11.5 Å². The maximum atomic E-state index is 12.5. The number of benzene rings is 2. The van der Waals surface area contributed by atoms with E-state index in [0.29, 0.717) is 30.3 Å². The van der Waals surface area contributed by atoms with Gasteiger partial charge in [0.1, 0.15) is 5.75 Å². The van der Waals surface area contributed by atoms with Crippen molar-refractivity contribution in [2.24, 2.45) is 5.92 Å². The second kappa shape index (κ2) is 7.19. The predicted molar refractivity (Wildman–Crippen MR) is 97.9 cm³/mol. The number of rotatable bonds is 5. The summed E-state index contributed by atoms with van der Waals surface area (Å²) < 4.78 is 15.8. The summed E-state index contributed by atoms with van der Waals surface area (Å²) in [5, 5.41) is 2.91. The van der Waals surface area contributed by atoms with Crippen molar-refractivity contribution in [2.75, 3.05) is 25.3 Å². The van der Waals surface area contributed by atoms with E-state index in [1.165, 1.54) is 0 Å². The first-order valence-electron chi connectivity index (χ1n) is 8.74. The molecular formula is C20H20N2O5. The monoisotopic (exact) mass is 368 g/mol. The first-order valence-corrected chi connectivity index (χ1v) is 8.74. The number of ether oxygens (including phenoxy) is 3. The largest absolute Gasteiger partial charge is 0.497 e. The van der Waals surface area contributed by atoms with Crippen LogP contribution in [0.4, 0.5) is 5.69 Å². The van der Waals surface area contributed by atoms with Crippen LogP contribution in [0.3, 0.4) is 0 Å². The molecule has 140 valence electrons. The van der Waals surface area contributed by atoms with Gasteiger partial charge in [-0.3, -0.25) is 9.59 Å². The maximum Gasteiger partial charge on any atom is 0.231 e. The fourth-order valence-corrected chi connectivity index (χ4v) is 3.30. The Morgan fingerprint density at radius 2 is 2.07 bits per heavy atom. The lowest BCUT2D eigenvalue weighted by Gasteiger charge is -2.17. The zero-order valence-electron chi connectivity index (χ0n) is 14.9. The number of methoxy groups -OCH3 is 1. The Morgan fingerprint density at radius 1 is 1.22 bits per heavy atom. The van der Waals surface area contributed by atoms with E-state index >= 15 is 0 Å². The average Bonchev–Trinajstić information content (AvgIpc) is 3.32. The maximum absolute atomic E-state index is 12.5. The molecular weight excluding hydrogens is 348 g/mol.